The van der Waals surface area contributed by atoms with Crippen LogP contribution in [0.4, 0.5) is 0 Å². The van der Waals surface area contributed by atoms with E-state index in [4.69, 9.17) is 5.73 Å². The molecule has 0 saturated carbocycles. The molecule has 1 amide bonds. The van der Waals surface area contributed by atoms with Crippen molar-refractivity contribution in [2.24, 2.45) is 11.7 Å². The molecule has 1 aromatic rings. The summed E-state index contributed by atoms with van der Waals surface area (Å²) in [6.45, 7) is 4.78. The minimum absolute atomic E-state index is 0.0925. The molecule has 1 aromatic carbocycles. The highest BCUT2D eigenvalue weighted by atomic mass is 16.1. The van der Waals surface area contributed by atoms with Gasteiger partial charge >= 0.3 is 0 Å². The number of hydrogen-bond acceptors (Lipinski definition) is 2. The van der Waals surface area contributed by atoms with E-state index in [1.807, 2.05) is 30.3 Å². The number of rotatable bonds is 7. The Morgan fingerprint density at radius 1 is 1.28 bits per heavy atom. The second-order valence-electron chi connectivity index (χ2n) is 5.12. The Morgan fingerprint density at radius 3 is 2.50 bits per heavy atom. The zero-order valence-electron chi connectivity index (χ0n) is 11.4. The molecule has 1 rings (SSSR count). The van der Waals surface area contributed by atoms with Gasteiger partial charge in [0.2, 0.25) is 5.91 Å². The molecule has 0 aliphatic carbocycles. The van der Waals surface area contributed by atoms with Crippen LogP contribution < -0.4 is 11.1 Å². The van der Waals surface area contributed by atoms with Gasteiger partial charge in [0.15, 0.2) is 0 Å². The number of amides is 1. The largest absolute Gasteiger partial charge is 0.352 e. The SMILES string of the molecule is CC(C)CC(CN)NC(=O)CCc1ccccc1. The van der Waals surface area contributed by atoms with Crippen molar-refractivity contribution in [3.63, 3.8) is 0 Å². The third-order valence-corrected chi connectivity index (χ3v) is 2.89. The van der Waals surface area contributed by atoms with Gasteiger partial charge in [0.05, 0.1) is 0 Å². The number of nitrogens with two attached hydrogens (primary N) is 1. The van der Waals surface area contributed by atoms with E-state index in [1.165, 1.54) is 5.56 Å². The van der Waals surface area contributed by atoms with Gasteiger partial charge in [-0.15, -0.1) is 0 Å². The maximum atomic E-state index is 11.8. The Morgan fingerprint density at radius 2 is 1.94 bits per heavy atom. The second kappa shape index (κ2) is 7.88. The summed E-state index contributed by atoms with van der Waals surface area (Å²) in [4.78, 5) is 11.8. The van der Waals surface area contributed by atoms with Crippen LogP contribution in [-0.4, -0.2) is 18.5 Å². The van der Waals surface area contributed by atoms with Crippen LogP contribution in [0.25, 0.3) is 0 Å². The van der Waals surface area contributed by atoms with E-state index >= 15 is 0 Å². The monoisotopic (exact) mass is 248 g/mol. The molecule has 3 nitrogen and oxygen atoms in total. The summed E-state index contributed by atoms with van der Waals surface area (Å²) in [5, 5.41) is 3.00. The van der Waals surface area contributed by atoms with E-state index in [0.29, 0.717) is 18.9 Å². The number of nitrogens with one attached hydrogen (secondary N) is 1. The molecule has 3 heteroatoms. The van der Waals surface area contributed by atoms with Crippen molar-refractivity contribution in [1.82, 2.24) is 5.32 Å². The summed E-state index contributed by atoms with van der Waals surface area (Å²) in [5.74, 6) is 0.642. The van der Waals surface area contributed by atoms with Crippen LogP contribution in [0.15, 0.2) is 30.3 Å². The molecule has 0 heterocycles. The maximum Gasteiger partial charge on any atom is 0.220 e. The minimum Gasteiger partial charge on any atom is -0.352 e. The molecule has 100 valence electrons. The second-order valence-corrected chi connectivity index (χ2v) is 5.12. The molecule has 0 aromatic heterocycles. The topological polar surface area (TPSA) is 55.1 Å². The van der Waals surface area contributed by atoms with Gasteiger partial charge in [-0.1, -0.05) is 44.2 Å². The third-order valence-electron chi connectivity index (χ3n) is 2.89. The van der Waals surface area contributed by atoms with Crippen LogP contribution in [0.1, 0.15) is 32.3 Å². The number of carbonyl (C=O) groups is 1. The fourth-order valence-corrected chi connectivity index (χ4v) is 1.99. The van der Waals surface area contributed by atoms with Crippen molar-refractivity contribution in [3.05, 3.63) is 35.9 Å². The van der Waals surface area contributed by atoms with E-state index in [0.717, 1.165) is 12.8 Å². The van der Waals surface area contributed by atoms with E-state index in [9.17, 15) is 4.79 Å². The summed E-state index contributed by atoms with van der Waals surface area (Å²) in [6.07, 6.45) is 2.25. The van der Waals surface area contributed by atoms with Crippen molar-refractivity contribution in [1.29, 1.82) is 0 Å². The van der Waals surface area contributed by atoms with E-state index in [2.05, 4.69) is 19.2 Å². The zero-order chi connectivity index (χ0) is 13.4. The van der Waals surface area contributed by atoms with E-state index in [-0.39, 0.29) is 11.9 Å². The lowest BCUT2D eigenvalue weighted by molar-refractivity contribution is -0.121. The molecule has 0 fully saturated rings. The first-order chi connectivity index (χ1) is 8.61. The van der Waals surface area contributed by atoms with Gasteiger partial charge in [0, 0.05) is 19.0 Å². The molecule has 0 saturated heterocycles. The van der Waals surface area contributed by atoms with Crippen molar-refractivity contribution in [2.45, 2.75) is 39.2 Å². The highest BCUT2D eigenvalue weighted by Gasteiger charge is 2.12. The first kappa shape index (κ1) is 14.7. The van der Waals surface area contributed by atoms with Crippen LogP contribution in [0, 0.1) is 5.92 Å². The first-order valence-electron chi connectivity index (χ1n) is 6.65. The van der Waals surface area contributed by atoms with Gasteiger partial charge in [0.25, 0.3) is 0 Å². The molecule has 0 bridgehead atoms. The Hall–Kier alpha value is -1.35. The van der Waals surface area contributed by atoms with Crippen LogP contribution in [0.2, 0.25) is 0 Å². The molecule has 18 heavy (non-hydrogen) atoms. The van der Waals surface area contributed by atoms with Crippen molar-refractivity contribution >= 4 is 5.91 Å². The van der Waals surface area contributed by atoms with Gasteiger partial charge in [-0.2, -0.15) is 0 Å². The normalized spacial score (nSPS) is 12.4. The molecule has 1 atom stereocenters. The highest BCUT2D eigenvalue weighted by molar-refractivity contribution is 5.76. The van der Waals surface area contributed by atoms with Crippen molar-refractivity contribution in [3.8, 4) is 0 Å². The summed E-state index contributed by atoms with van der Waals surface area (Å²) in [5.41, 5.74) is 6.86. The zero-order valence-corrected chi connectivity index (χ0v) is 11.4. The van der Waals surface area contributed by atoms with Crippen molar-refractivity contribution in [2.75, 3.05) is 6.54 Å². The van der Waals surface area contributed by atoms with Gasteiger partial charge in [-0.05, 0) is 24.3 Å². The lowest BCUT2D eigenvalue weighted by atomic mass is 10.0. The number of aryl methyl sites for hydroxylation is 1. The Labute approximate surface area is 110 Å². The van der Waals surface area contributed by atoms with Gasteiger partial charge in [-0.25, -0.2) is 0 Å². The minimum atomic E-state index is 0.0925. The quantitative estimate of drug-likeness (QED) is 0.776. The summed E-state index contributed by atoms with van der Waals surface area (Å²) in [7, 11) is 0. The fraction of sp³-hybridized carbons (Fsp3) is 0.533. The van der Waals surface area contributed by atoms with Crippen LogP contribution >= 0.6 is 0 Å². The van der Waals surface area contributed by atoms with Crippen LogP contribution in [0.5, 0.6) is 0 Å². The number of hydrogen-bond donors (Lipinski definition) is 2. The molecule has 0 aliphatic heterocycles. The van der Waals surface area contributed by atoms with Crippen LogP contribution in [-0.2, 0) is 11.2 Å². The predicted molar refractivity (Wildman–Crippen MR) is 75.2 cm³/mol. The lowest BCUT2D eigenvalue weighted by Crippen LogP contribution is -2.41. The third kappa shape index (κ3) is 5.82. The fourth-order valence-electron chi connectivity index (χ4n) is 1.99. The molecular formula is C15H24N2O. The molecule has 1 unspecified atom stereocenters. The van der Waals surface area contributed by atoms with Gasteiger partial charge in [-0.3, -0.25) is 4.79 Å². The lowest BCUT2D eigenvalue weighted by Gasteiger charge is -2.18. The van der Waals surface area contributed by atoms with Gasteiger partial charge in [0.1, 0.15) is 0 Å². The van der Waals surface area contributed by atoms with E-state index in [1.54, 1.807) is 0 Å². The number of benzene rings is 1. The van der Waals surface area contributed by atoms with E-state index < -0.39 is 0 Å². The Bertz CT molecular complexity index is 349. The van der Waals surface area contributed by atoms with Crippen molar-refractivity contribution < 1.29 is 4.79 Å². The summed E-state index contributed by atoms with van der Waals surface area (Å²) >= 11 is 0. The van der Waals surface area contributed by atoms with Gasteiger partial charge < -0.3 is 11.1 Å². The maximum absolute atomic E-state index is 11.8. The Balaban J connectivity index is 2.32. The summed E-state index contributed by atoms with van der Waals surface area (Å²) < 4.78 is 0. The molecule has 0 spiro atoms. The Kier molecular flexibility index (Phi) is 6.44. The average molecular weight is 248 g/mol. The highest BCUT2D eigenvalue weighted by Crippen LogP contribution is 2.05. The standard InChI is InChI=1S/C15H24N2O/c1-12(2)10-14(11-16)17-15(18)9-8-13-6-4-3-5-7-13/h3-7,12,14H,8-11,16H2,1-2H3,(H,17,18). The predicted octanol–water partition coefficient (Wildman–Crippen LogP) is 2.11. The molecule has 3 N–H and O–H groups in total. The molecule has 0 aliphatic rings. The molecule has 0 radical (unpaired) electrons. The smallest absolute Gasteiger partial charge is 0.220 e. The summed E-state index contributed by atoms with van der Waals surface area (Å²) in [6, 6.07) is 10.2. The van der Waals surface area contributed by atoms with Crippen LogP contribution in [0.3, 0.4) is 0 Å². The molecular weight excluding hydrogens is 224 g/mol. The average Bonchev–Trinajstić information content (AvgIpc) is 2.36. The first-order valence-corrected chi connectivity index (χ1v) is 6.65. The number of carbonyl (C=O) groups excluding carboxylic acids is 1.